The molecule has 0 saturated carbocycles. The highest BCUT2D eigenvalue weighted by Gasteiger charge is 2.19. The predicted octanol–water partition coefficient (Wildman–Crippen LogP) is 3.11. The lowest BCUT2D eigenvalue weighted by Gasteiger charge is -2.32. The maximum atomic E-state index is 12.7. The highest BCUT2D eigenvalue weighted by atomic mass is 16.2. The number of benzene rings is 1. The van der Waals surface area contributed by atoms with E-state index in [4.69, 9.17) is 0 Å². The minimum Gasteiger partial charge on any atom is -0.346 e. The Morgan fingerprint density at radius 3 is 2.50 bits per heavy atom. The van der Waals surface area contributed by atoms with Gasteiger partial charge in [-0.2, -0.15) is 10.2 Å². The number of rotatable bonds is 6. The number of pyridine rings is 1. The number of carbonyl (C=O) groups is 1. The molecule has 4 aromatic heterocycles. The summed E-state index contributed by atoms with van der Waals surface area (Å²) in [6, 6.07) is 12.4. The molecular formula is C27H28N8O. The Labute approximate surface area is 209 Å². The Balaban J connectivity index is 1.21. The van der Waals surface area contributed by atoms with E-state index in [2.05, 4.69) is 56.5 Å². The standard InChI is InChI=1S/C27H28N8O/c1-32-7-9-33(10-8-32)26(36)19-35-17-22(13-30-35)21-11-24-25(15-29-27(24)28-12-21)23-14-31-34(18-23)16-20-5-3-2-4-6-20/h2-6,11-15,17-18H,7-10,16,19H2,1H3,(H,28,29). The summed E-state index contributed by atoms with van der Waals surface area (Å²) in [5.74, 6) is 0.103. The molecule has 1 aliphatic rings. The highest BCUT2D eigenvalue weighted by Crippen LogP contribution is 2.30. The van der Waals surface area contributed by atoms with Gasteiger partial charge in [0.05, 0.1) is 18.9 Å². The zero-order valence-corrected chi connectivity index (χ0v) is 20.2. The third kappa shape index (κ3) is 4.52. The van der Waals surface area contributed by atoms with E-state index >= 15 is 0 Å². The molecule has 0 bridgehead atoms. The van der Waals surface area contributed by atoms with Gasteiger partial charge in [0.1, 0.15) is 12.2 Å². The van der Waals surface area contributed by atoms with Gasteiger partial charge in [-0.25, -0.2) is 4.98 Å². The number of H-pyrrole nitrogens is 1. The second-order valence-corrected chi connectivity index (χ2v) is 9.35. The van der Waals surface area contributed by atoms with Crippen LogP contribution in [0, 0.1) is 0 Å². The fourth-order valence-electron chi connectivity index (χ4n) is 4.65. The molecule has 0 radical (unpaired) electrons. The maximum Gasteiger partial charge on any atom is 0.244 e. The summed E-state index contributed by atoms with van der Waals surface area (Å²) in [5.41, 5.74) is 6.00. The first-order valence-corrected chi connectivity index (χ1v) is 12.2. The van der Waals surface area contributed by atoms with E-state index in [1.165, 1.54) is 5.56 Å². The van der Waals surface area contributed by atoms with E-state index < -0.39 is 0 Å². The van der Waals surface area contributed by atoms with Crippen LogP contribution in [0.25, 0.3) is 33.3 Å². The topological polar surface area (TPSA) is 87.9 Å². The molecule has 36 heavy (non-hydrogen) atoms. The molecule has 9 nitrogen and oxygen atoms in total. The van der Waals surface area contributed by atoms with Crippen LogP contribution in [0.5, 0.6) is 0 Å². The number of hydrogen-bond acceptors (Lipinski definition) is 5. The van der Waals surface area contributed by atoms with Crippen molar-refractivity contribution >= 4 is 16.9 Å². The van der Waals surface area contributed by atoms with E-state index in [0.29, 0.717) is 0 Å². The lowest BCUT2D eigenvalue weighted by molar-refractivity contribution is -0.133. The SMILES string of the molecule is CN1CCN(C(=O)Cn2cc(-c3cnc4[nH]cc(-c5cnn(Cc6ccccc6)c5)c4c3)cn2)CC1. The van der Waals surface area contributed by atoms with Crippen LogP contribution >= 0.6 is 0 Å². The van der Waals surface area contributed by atoms with Crippen molar-refractivity contribution in [2.45, 2.75) is 13.1 Å². The summed E-state index contributed by atoms with van der Waals surface area (Å²) >= 11 is 0. The van der Waals surface area contributed by atoms with E-state index in [-0.39, 0.29) is 12.5 Å². The van der Waals surface area contributed by atoms with Gasteiger partial charge in [-0.1, -0.05) is 30.3 Å². The van der Waals surface area contributed by atoms with Crippen LogP contribution in [-0.4, -0.2) is 78.5 Å². The van der Waals surface area contributed by atoms with Crippen molar-refractivity contribution in [3.8, 4) is 22.3 Å². The van der Waals surface area contributed by atoms with Crippen LogP contribution in [0.4, 0.5) is 0 Å². The third-order valence-corrected chi connectivity index (χ3v) is 6.78. The van der Waals surface area contributed by atoms with E-state index in [0.717, 1.165) is 66.0 Å². The van der Waals surface area contributed by atoms with Crippen LogP contribution in [0.2, 0.25) is 0 Å². The normalized spacial score (nSPS) is 14.5. The molecule has 0 aliphatic carbocycles. The number of carbonyl (C=O) groups excluding carboxylic acids is 1. The van der Waals surface area contributed by atoms with Crippen molar-refractivity contribution in [3.05, 3.63) is 79.1 Å². The third-order valence-electron chi connectivity index (χ3n) is 6.78. The quantitative estimate of drug-likeness (QED) is 0.404. The summed E-state index contributed by atoms with van der Waals surface area (Å²) in [5, 5.41) is 10.0. The number of nitrogens with zero attached hydrogens (tertiary/aromatic N) is 7. The monoisotopic (exact) mass is 480 g/mol. The summed E-state index contributed by atoms with van der Waals surface area (Å²) < 4.78 is 3.66. The number of aromatic nitrogens is 6. The number of piperazine rings is 1. The molecule has 182 valence electrons. The predicted molar refractivity (Wildman–Crippen MR) is 138 cm³/mol. The van der Waals surface area contributed by atoms with Gasteiger partial charge in [-0.3, -0.25) is 14.2 Å². The largest absolute Gasteiger partial charge is 0.346 e. The van der Waals surface area contributed by atoms with Crippen molar-refractivity contribution in [1.29, 1.82) is 0 Å². The van der Waals surface area contributed by atoms with Crippen molar-refractivity contribution in [2.75, 3.05) is 33.2 Å². The first kappa shape index (κ1) is 22.2. The second-order valence-electron chi connectivity index (χ2n) is 9.35. The van der Waals surface area contributed by atoms with E-state index in [1.807, 2.05) is 52.6 Å². The Kier molecular flexibility index (Phi) is 5.82. The number of hydrogen-bond donors (Lipinski definition) is 1. The van der Waals surface area contributed by atoms with Crippen molar-refractivity contribution in [1.82, 2.24) is 39.3 Å². The second kappa shape index (κ2) is 9.43. The molecule has 1 N–H and O–H groups in total. The minimum atomic E-state index is 0.103. The fraction of sp³-hybridized carbons (Fsp3) is 0.259. The number of nitrogens with one attached hydrogen (secondary N) is 1. The average Bonchev–Trinajstić information content (AvgIpc) is 3.64. The van der Waals surface area contributed by atoms with Gasteiger partial charge in [0.2, 0.25) is 5.91 Å². The molecule has 0 spiro atoms. The molecule has 1 fully saturated rings. The Hall–Kier alpha value is -4.24. The van der Waals surface area contributed by atoms with Crippen molar-refractivity contribution < 1.29 is 4.79 Å². The molecule has 5 aromatic rings. The molecule has 5 heterocycles. The lowest BCUT2D eigenvalue weighted by atomic mass is 10.1. The van der Waals surface area contributed by atoms with Crippen LogP contribution in [-0.2, 0) is 17.9 Å². The number of amides is 1. The Bertz CT molecular complexity index is 1490. The average molecular weight is 481 g/mol. The van der Waals surface area contributed by atoms with Gasteiger partial charge in [-0.05, 0) is 18.7 Å². The van der Waals surface area contributed by atoms with Gasteiger partial charge in [-0.15, -0.1) is 0 Å². The summed E-state index contributed by atoms with van der Waals surface area (Å²) in [6.45, 7) is 4.32. The van der Waals surface area contributed by atoms with Crippen LogP contribution in [0.3, 0.4) is 0 Å². The van der Waals surface area contributed by atoms with Crippen LogP contribution in [0.15, 0.2) is 73.6 Å². The number of aromatic amines is 1. The van der Waals surface area contributed by atoms with Gasteiger partial charge >= 0.3 is 0 Å². The smallest absolute Gasteiger partial charge is 0.244 e. The van der Waals surface area contributed by atoms with Gasteiger partial charge in [0, 0.05) is 78.6 Å². The Morgan fingerprint density at radius 2 is 1.67 bits per heavy atom. The van der Waals surface area contributed by atoms with E-state index in [1.54, 1.807) is 10.9 Å². The van der Waals surface area contributed by atoms with Gasteiger partial charge in [0.25, 0.3) is 0 Å². The van der Waals surface area contributed by atoms with Crippen LogP contribution < -0.4 is 0 Å². The first-order chi connectivity index (χ1) is 17.6. The highest BCUT2D eigenvalue weighted by molar-refractivity contribution is 5.95. The zero-order chi connectivity index (χ0) is 24.5. The molecule has 1 aromatic carbocycles. The van der Waals surface area contributed by atoms with Crippen LogP contribution in [0.1, 0.15) is 5.56 Å². The number of likely N-dealkylation sites (N-methyl/N-ethyl adjacent to an activating group) is 1. The van der Waals surface area contributed by atoms with Gasteiger partial charge < -0.3 is 14.8 Å². The lowest BCUT2D eigenvalue weighted by Crippen LogP contribution is -2.48. The number of fused-ring (bicyclic) bond motifs is 1. The summed E-state index contributed by atoms with van der Waals surface area (Å²) in [6.07, 6.45) is 11.5. The molecule has 0 unspecified atom stereocenters. The molecule has 0 atom stereocenters. The molecule has 1 aliphatic heterocycles. The Morgan fingerprint density at radius 1 is 0.917 bits per heavy atom. The van der Waals surface area contributed by atoms with Crippen molar-refractivity contribution in [3.63, 3.8) is 0 Å². The zero-order valence-electron chi connectivity index (χ0n) is 20.2. The van der Waals surface area contributed by atoms with Gasteiger partial charge in [0.15, 0.2) is 0 Å². The molecule has 6 rings (SSSR count). The molecule has 1 amide bonds. The first-order valence-electron chi connectivity index (χ1n) is 12.2. The van der Waals surface area contributed by atoms with Crippen molar-refractivity contribution in [2.24, 2.45) is 0 Å². The minimum absolute atomic E-state index is 0.103. The maximum absolute atomic E-state index is 12.7. The summed E-state index contributed by atoms with van der Waals surface area (Å²) in [7, 11) is 2.08. The fourth-order valence-corrected chi connectivity index (χ4v) is 4.65. The van der Waals surface area contributed by atoms with E-state index in [9.17, 15) is 4.79 Å². The molecular weight excluding hydrogens is 452 g/mol. The summed E-state index contributed by atoms with van der Waals surface area (Å²) in [4.78, 5) is 24.8. The molecule has 1 saturated heterocycles. The molecule has 9 heteroatoms.